The van der Waals surface area contributed by atoms with Gasteiger partial charge in [-0.1, -0.05) is 6.07 Å². The van der Waals surface area contributed by atoms with E-state index in [2.05, 4.69) is 17.5 Å². The maximum Gasteiger partial charge on any atom is 0.254 e. The number of amides is 1. The van der Waals surface area contributed by atoms with Gasteiger partial charge in [-0.3, -0.25) is 4.79 Å². The minimum Gasteiger partial charge on any atom is -0.454 e. The van der Waals surface area contributed by atoms with Crippen molar-refractivity contribution in [1.82, 2.24) is 4.90 Å². The molecule has 3 heterocycles. The first kappa shape index (κ1) is 14.9. The monoisotopic (exact) mass is 347 g/mol. The largest absolute Gasteiger partial charge is 0.454 e. The highest BCUT2D eigenvalue weighted by atomic mass is 32.2. The van der Waals surface area contributed by atoms with Crippen molar-refractivity contribution < 1.29 is 14.3 Å². The van der Waals surface area contributed by atoms with Crippen molar-refractivity contribution in [3.63, 3.8) is 0 Å². The van der Waals surface area contributed by atoms with Crippen LogP contribution in [0.4, 0.5) is 0 Å². The molecule has 0 spiro atoms. The van der Waals surface area contributed by atoms with Crippen LogP contribution < -0.4 is 9.47 Å². The Bertz CT molecular complexity index is 702. The van der Waals surface area contributed by atoms with Gasteiger partial charge in [0.05, 0.1) is 0 Å². The zero-order valence-electron chi connectivity index (χ0n) is 12.6. The molecule has 0 saturated carbocycles. The van der Waals surface area contributed by atoms with E-state index < -0.39 is 0 Å². The standard InChI is InChI=1S/C17H17NO3S2/c19-17(12-3-4-13-14(10-12)21-11-20-13)18-6-5-16(23-9-7-18)15-2-1-8-22-15/h1-4,8,10,16H,5-7,9,11H2/t16-/m1/s1. The third-order valence-electron chi connectivity index (χ3n) is 4.11. The van der Waals surface area contributed by atoms with Gasteiger partial charge in [-0.2, -0.15) is 11.8 Å². The van der Waals surface area contributed by atoms with E-state index >= 15 is 0 Å². The van der Waals surface area contributed by atoms with E-state index in [0.29, 0.717) is 22.3 Å². The third kappa shape index (κ3) is 3.05. The summed E-state index contributed by atoms with van der Waals surface area (Å²) in [6.07, 6.45) is 1.00. The van der Waals surface area contributed by atoms with E-state index in [4.69, 9.17) is 9.47 Å². The van der Waals surface area contributed by atoms with Gasteiger partial charge >= 0.3 is 0 Å². The van der Waals surface area contributed by atoms with Gasteiger partial charge in [0.15, 0.2) is 11.5 Å². The van der Waals surface area contributed by atoms with Gasteiger partial charge in [0.1, 0.15) is 0 Å². The van der Waals surface area contributed by atoms with Gasteiger partial charge in [0, 0.05) is 34.5 Å². The van der Waals surface area contributed by atoms with Crippen LogP contribution >= 0.6 is 23.1 Å². The van der Waals surface area contributed by atoms with Gasteiger partial charge in [-0.25, -0.2) is 0 Å². The van der Waals surface area contributed by atoms with Crippen LogP contribution in [0.2, 0.25) is 0 Å². The second-order valence-corrected chi connectivity index (χ2v) is 7.81. The summed E-state index contributed by atoms with van der Waals surface area (Å²) in [6.45, 7) is 1.82. The molecule has 0 radical (unpaired) electrons. The molecule has 6 heteroatoms. The van der Waals surface area contributed by atoms with Gasteiger partial charge in [0.25, 0.3) is 5.91 Å². The third-order valence-corrected chi connectivity index (χ3v) is 6.55. The number of rotatable bonds is 2. The van der Waals surface area contributed by atoms with Gasteiger partial charge in [-0.15, -0.1) is 11.3 Å². The number of carbonyl (C=O) groups excluding carboxylic acids is 1. The fraction of sp³-hybridized carbons (Fsp3) is 0.353. The molecule has 1 aromatic heterocycles. The number of fused-ring (bicyclic) bond motifs is 1. The first-order chi connectivity index (χ1) is 11.3. The Hall–Kier alpha value is -1.66. The lowest BCUT2D eigenvalue weighted by Crippen LogP contribution is -2.32. The van der Waals surface area contributed by atoms with Crippen LogP contribution in [0.25, 0.3) is 0 Å². The molecule has 2 aromatic rings. The lowest BCUT2D eigenvalue weighted by molar-refractivity contribution is 0.0766. The molecule has 1 saturated heterocycles. The van der Waals surface area contributed by atoms with Crippen molar-refractivity contribution in [3.05, 3.63) is 46.2 Å². The van der Waals surface area contributed by atoms with Crippen molar-refractivity contribution in [2.75, 3.05) is 25.6 Å². The average molecular weight is 347 g/mol. The normalized spacial score (nSPS) is 20.3. The van der Waals surface area contributed by atoms with Crippen LogP contribution in [0, 0.1) is 0 Å². The summed E-state index contributed by atoms with van der Waals surface area (Å²) in [5.41, 5.74) is 0.675. The Morgan fingerprint density at radius 3 is 2.96 bits per heavy atom. The summed E-state index contributed by atoms with van der Waals surface area (Å²) >= 11 is 3.75. The van der Waals surface area contributed by atoms with Crippen LogP contribution in [0.3, 0.4) is 0 Å². The molecule has 4 nitrogen and oxygen atoms in total. The first-order valence-corrected chi connectivity index (χ1v) is 9.58. The summed E-state index contributed by atoms with van der Waals surface area (Å²) in [6, 6.07) is 9.72. The van der Waals surface area contributed by atoms with E-state index in [-0.39, 0.29) is 12.7 Å². The average Bonchev–Trinajstić information content (AvgIpc) is 3.21. The maximum atomic E-state index is 12.8. The van der Waals surface area contributed by atoms with Crippen LogP contribution in [0.1, 0.15) is 26.9 Å². The molecule has 0 aliphatic carbocycles. The molecule has 0 unspecified atom stereocenters. The Morgan fingerprint density at radius 1 is 1.17 bits per heavy atom. The Morgan fingerprint density at radius 2 is 2.09 bits per heavy atom. The van der Waals surface area contributed by atoms with Crippen molar-refractivity contribution in [1.29, 1.82) is 0 Å². The molecule has 23 heavy (non-hydrogen) atoms. The van der Waals surface area contributed by atoms with E-state index in [0.717, 1.165) is 25.3 Å². The summed E-state index contributed by atoms with van der Waals surface area (Å²) in [7, 11) is 0. The number of carbonyl (C=O) groups is 1. The second kappa shape index (κ2) is 6.45. The molecule has 2 aliphatic rings. The van der Waals surface area contributed by atoms with Crippen LogP contribution in [0.5, 0.6) is 11.5 Å². The van der Waals surface area contributed by atoms with Crippen LogP contribution in [0.15, 0.2) is 35.7 Å². The zero-order valence-corrected chi connectivity index (χ0v) is 14.2. The molecule has 1 aromatic carbocycles. The van der Waals surface area contributed by atoms with Crippen molar-refractivity contribution >= 4 is 29.0 Å². The number of hydrogen-bond donors (Lipinski definition) is 0. The molecule has 1 amide bonds. The summed E-state index contributed by atoms with van der Waals surface area (Å²) in [4.78, 5) is 16.1. The lowest BCUT2D eigenvalue weighted by Gasteiger charge is -2.20. The number of benzene rings is 1. The molecular formula is C17H17NO3S2. The molecule has 0 N–H and O–H groups in total. The van der Waals surface area contributed by atoms with E-state index in [1.165, 1.54) is 4.88 Å². The minimum atomic E-state index is 0.0794. The smallest absolute Gasteiger partial charge is 0.254 e. The molecule has 4 rings (SSSR count). The summed E-state index contributed by atoms with van der Waals surface area (Å²) < 4.78 is 10.7. The molecule has 1 fully saturated rings. The predicted octanol–water partition coefficient (Wildman–Crippen LogP) is 3.80. The van der Waals surface area contributed by atoms with Crippen molar-refractivity contribution in [2.24, 2.45) is 0 Å². The van der Waals surface area contributed by atoms with Crippen LogP contribution in [-0.2, 0) is 0 Å². The number of hydrogen-bond acceptors (Lipinski definition) is 5. The van der Waals surface area contributed by atoms with Gasteiger partial charge in [-0.05, 0) is 36.1 Å². The minimum absolute atomic E-state index is 0.0794. The number of thiophene rings is 1. The number of thioether (sulfide) groups is 1. The topological polar surface area (TPSA) is 38.8 Å². The van der Waals surface area contributed by atoms with Gasteiger partial charge in [0.2, 0.25) is 6.79 Å². The Kier molecular flexibility index (Phi) is 4.18. The number of nitrogens with zero attached hydrogens (tertiary/aromatic N) is 1. The van der Waals surface area contributed by atoms with E-state index in [9.17, 15) is 4.79 Å². The fourth-order valence-electron chi connectivity index (χ4n) is 2.89. The van der Waals surface area contributed by atoms with Crippen LogP contribution in [-0.4, -0.2) is 36.4 Å². The lowest BCUT2D eigenvalue weighted by atomic mass is 10.1. The summed E-state index contributed by atoms with van der Waals surface area (Å²) in [5.74, 6) is 2.43. The fourth-order valence-corrected chi connectivity index (χ4v) is 5.12. The Labute approximate surface area is 143 Å². The second-order valence-electron chi connectivity index (χ2n) is 5.52. The molecule has 1 atom stereocenters. The molecule has 120 valence electrons. The quantitative estimate of drug-likeness (QED) is 0.828. The maximum absolute atomic E-state index is 12.8. The zero-order chi connectivity index (χ0) is 15.6. The first-order valence-electron chi connectivity index (χ1n) is 7.65. The van der Waals surface area contributed by atoms with Crippen molar-refractivity contribution in [3.8, 4) is 11.5 Å². The summed E-state index contributed by atoms with van der Waals surface area (Å²) in [5, 5.41) is 2.63. The SMILES string of the molecule is O=C(c1ccc2c(c1)OCO2)N1CCS[C@@H](c2cccs2)CC1. The molecule has 0 bridgehead atoms. The van der Waals surface area contributed by atoms with E-state index in [1.54, 1.807) is 17.4 Å². The highest BCUT2D eigenvalue weighted by Gasteiger charge is 2.24. The molecular weight excluding hydrogens is 330 g/mol. The Balaban J connectivity index is 1.46. The van der Waals surface area contributed by atoms with Crippen molar-refractivity contribution in [2.45, 2.75) is 11.7 Å². The highest BCUT2D eigenvalue weighted by molar-refractivity contribution is 7.99. The van der Waals surface area contributed by atoms with Gasteiger partial charge < -0.3 is 14.4 Å². The van der Waals surface area contributed by atoms with E-state index in [1.807, 2.05) is 28.8 Å². The predicted molar refractivity (Wildman–Crippen MR) is 92.6 cm³/mol. The molecule has 2 aliphatic heterocycles. The highest BCUT2D eigenvalue weighted by Crippen LogP contribution is 2.37. The number of ether oxygens (including phenoxy) is 2.